The molecule has 2 aromatic heterocycles. The Kier molecular flexibility index (Phi) is 7.42. The maximum absolute atomic E-state index is 4.56. The van der Waals surface area contributed by atoms with Crippen LogP contribution in [0.4, 0.5) is 11.5 Å². The van der Waals surface area contributed by atoms with Crippen LogP contribution in [0.1, 0.15) is 6.42 Å². The Morgan fingerprint density at radius 1 is 1.09 bits per heavy atom. The lowest BCUT2D eigenvalue weighted by atomic mass is 10.3. The van der Waals surface area contributed by atoms with Gasteiger partial charge < -0.3 is 9.80 Å². The summed E-state index contributed by atoms with van der Waals surface area (Å²) < 4.78 is 0. The SMILES string of the molecule is CN(C)CCCN1c2cccnc2Sc2cccnc21.Cl.Cl. The maximum Gasteiger partial charge on any atom is 0.147 e. The van der Waals surface area contributed by atoms with Gasteiger partial charge in [-0.1, -0.05) is 11.8 Å². The number of anilines is 2. The Labute approximate surface area is 148 Å². The predicted molar refractivity (Wildman–Crippen MR) is 97.3 cm³/mol. The van der Waals surface area contributed by atoms with Crippen molar-refractivity contribution >= 4 is 48.1 Å². The van der Waals surface area contributed by atoms with E-state index in [1.54, 1.807) is 11.8 Å². The van der Waals surface area contributed by atoms with E-state index in [1.807, 2.05) is 24.5 Å². The zero-order valence-electron chi connectivity index (χ0n) is 12.6. The molecule has 0 atom stereocenters. The highest BCUT2D eigenvalue weighted by molar-refractivity contribution is 7.99. The smallest absolute Gasteiger partial charge is 0.147 e. The number of hydrogen-bond acceptors (Lipinski definition) is 5. The summed E-state index contributed by atoms with van der Waals surface area (Å²) in [7, 11) is 4.21. The Morgan fingerprint density at radius 3 is 2.59 bits per heavy atom. The largest absolute Gasteiger partial charge is 0.323 e. The fraction of sp³-hybridized carbons (Fsp3) is 0.333. The molecule has 22 heavy (non-hydrogen) atoms. The molecule has 120 valence electrons. The van der Waals surface area contributed by atoms with Crippen LogP contribution in [0.25, 0.3) is 0 Å². The van der Waals surface area contributed by atoms with Crippen molar-refractivity contribution in [3.05, 3.63) is 36.7 Å². The summed E-state index contributed by atoms with van der Waals surface area (Å²) in [6, 6.07) is 8.22. The van der Waals surface area contributed by atoms with Gasteiger partial charge in [-0.2, -0.15) is 0 Å². The van der Waals surface area contributed by atoms with Crippen LogP contribution in [-0.2, 0) is 0 Å². The topological polar surface area (TPSA) is 32.3 Å². The third-order valence-corrected chi connectivity index (χ3v) is 4.29. The molecular formula is C15H20Cl2N4S. The van der Waals surface area contributed by atoms with Crippen molar-refractivity contribution in [2.75, 3.05) is 32.1 Å². The van der Waals surface area contributed by atoms with E-state index in [0.717, 1.165) is 30.4 Å². The monoisotopic (exact) mass is 358 g/mol. The normalized spacial score (nSPS) is 12.0. The second-order valence-corrected chi connectivity index (χ2v) is 6.09. The Balaban J connectivity index is 0.00000121. The molecule has 1 aliphatic heterocycles. The molecular weight excluding hydrogens is 339 g/mol. The molecule has 0 saturated carbocycles. The molecule has 4 nitrogen and oxygen atoms in total. The van der Waals surface area contributed by atoms with Crippen molar-refractivity contribution in [2.24, 2.45) is 0 Å². The molecule has 0 amide bonds. The van der Waals surface area contributed by atoms with Gasteiger partial charge in [0, 0.05) is 18.9 Å². The molecule has 0 aromatic carbocycles. The molecule has 0 bridgehead atoms. The van der Waals surface area contributed by atoms with E-state index in [9.17, 15) is 0 Å². The Bertz CT molecular complexity index is 564. The lowest BCUT2D eigenvalue weighted by molar-refractivity contribution is 0.402. The van der Waals surface area contributed by atoms with E-state index in [0.29, 0.717) is 0 Å². The number of rotatable bonds is 4. The molecule has 0 fully saturated rings. The molecule has 0 unspecified atom stereocenters. The molecule has 3 rings (SSSR count). The molecule has 0 N–H and O–H groups in total. The lowest BCUT2D eigenvalue weighted by Crippen LogP contribution is -2.26. The highest BCUT2D eigenvalue weighted by Gasteiger charge is 2.24. The Hall–Kier alpha value is -1.01. The minimum absolute atomic E-state index is 0. The third kappa shape index (κ3) is 4.04. The fourth-order valence-corrected chi connectivity index (χ4v) is 3.33. The summed E-state index contributed by atoms with van der Waals surface area (Å²) in [5, 5.41) is 1.07. The van der Waals surface area contributed by atoms with Gasteiger partial charge in [-0.05, 0) is 51.3 Å². The van der Waals surface area contributed by atoms with Gasteiger partial charge in [0.25, 0.3) is 0 Å². The van der Waals surface area contributed by atoms with Crippen molar-refractivity contribution in [2.45, 2.75) is 16.3 Å². The van der Waals surface area contributed by atoms with E-state index >= 15 is 0 Å². The van der Waals surface area contributed by atoms with Gasteiger partial charge in [-0.3, -0.25) is 0 Å². The van der Waals surface area contributed by atoms with Gasteiger partial charge in [0.05, 0.1) is 10.6 Å². The Morgan fingerprint density at radius 2 is 1.82 bits per heavy atom. The number of nitrogens with zero attached hydrogens (tertiary/aromatic N) is 4. The number of aromatic nitrogens is 2. The average Bonchev–Trinajstić information content (AvgIpc) is 2.46. The van der Waals surface area contributed by atoms with E-state index in [-0.39, 0.29) is 24.8 Å². The van der Waals surface area contributed by atoms with Crippen LogP contribution in [0.15, 0.2) is 46.6 Å². The first kappa shape index (κ1) is 19.0. The maximum atomic E-state index is 4.56. The standard InChI is InChI=1S/C15H18N4S.2ClH/c1-18(2)10-5-11-19-12-6-3-9-17-15(12)20-13-7-4-8-16-14(13)19;;/h3-4,6-9H,5,10-11H2,1-2H3;2*1H. The van der Waals surface area contributed by atoms with Gasteiger partial charge in [0.1, 0.15) is 10.8 Å². The average molecular weight is 359 g/mol. The summed E-state index contributed by atoms with van der Waals surface area (Å²) in [6.45, 7) is 2.03. The van der Waals surface area contributed by atoms with Crippen LogP contribution in [0, 0.1) is 0 Å². The quantitative estimate of drug-likeness (QED) is 0.827. The van der Waals surface area contributed by atoms with Crippen LogP contribution in [0.2, 0.25) is 0 Å². The fourth-order valence-electron chi connectivity index (χ4n) is 2.32. The summed E-state index contributed by atoms with van der Waals surface area (Å²) in [6.07, 6.45) is 4.81. The summed E-state index contributed by atoms with van der Waals surface area (Å²) >= 11 is 1.70. The van der Waals surface area contributed by atoms with Gasteiger partial charge in [-0.25, -0.2) is 9.97 Å². The van der Waals surface area contributed by atoms with Gasteiger partial charge in [0.15, 0.2) is 0 Å². The van der Waals surface area contributed by atoms with Crippen molar-refractivity contribution in [1.29, 1.82) is 0 Å². The van der Waals surface area contributed by atoms with Gasteiger partial charge in [-0.15, -0.1) is 24.8 Å². The minimum atomic E-state index is 0. The first-order chi connectivity index (χ1) is 9.75. The van der Waals surface area contributed by atoms with Crippen LogP contribution in [0.5, 0.6) is 0 Å². The lowest BCUT2D eigenvalue weighted by Gasteiger charge is -2.31. The molecule has 0 radical (unpaired) electrons. The zero-order valence-corrected chi connectivity index (χ0v) is 15.0. The highest BCUT2D eigenvalue weighted by Crippen LogP contribution is 2.45. The number of halogens is 2. The van der Waals surface area contributed by atoms with Crippen LogP contribution in [0.3, 0.4) is 0 Å². The second kappa shape index (κ2) is 8.58. The molecule has 3 heterocycles. The summed E-state index contributed by atoms with van der Waals surface area (Å²) in [4.78, 5) is 14.7. The van der Waals surface area contributed by atoms with Crippen molar-refractivity contribution in [3.63, 3.8) is 0 Å². The highest BCUT2D eigenvalue weighted by atomic mass is 35.5. The first-order valence-electron chi connectivity index (χ1n) is 6.76. The first-order valence-corrected chi connectivity index (χ1v) is 7.57. The van der Waals surface area contributed by atoms with Crippen molar-refractivity contribution in [1.82, 2.24) is 14.9 Å². The number of hydrogen-bond donors (Lipinski definition) is 0. The number of pyridine rings is 2. The minimum Gasteiger partial charge on any atom is -0.323 e. The van der Waals surface area contributed by atoms with Gasteiger partial charge >= 0.3 is 0 Å². The third-order valence-electron chi connectivity index (χ3n) is 3.24. The molecule has 1 aliphatic rings. The molecule has 7 heteroatoms. The van der Waals surface area contributed by atoms with Crippen LogP contribution in [-0.4, -0.2) is 42.1 Å². The summed E-state index contributed by atoms with van der Waals surface area (Å²) in [5.41, 5.74) is 1.17. The van der Waals surface area contributed by atoms with E-state index < -0.39 is 0 Å². The zero-order chi connectivity index (χ0) is 13.9. The van der Waals surface area contributed by atoms with Crippen molar-refractivity contribution in [3.8, 4) is 0 Å². The summed E-state index contributed by atoms with van der Waals surface area (Å²) in [5.74, 6) is 1.05. The van der Waals surface area contributed by atoms with Gasteiger partial charge in [0.2, 0.25) is 0 Å². The van der Waals surface area contributed by atoms with E-state index in [4.69, 9.17) is 0 Å². The molecule has 2 aromatic rings. The van der Waals surface area contributed by atoms with Crippen LogP contribution >= 0.6 is 36.6 Å². The van der Waals surface area contributed by atoms with E-state index in [1.165, 1.54) is 10.6 Å². The predicted octanol–water partition coefficient (Wildman–Crippen LogP) is 3.87. The molecule has 0 saturated heterocycles. The molecule has 0 aliphatic carbocycles. The van der Waals surface area contributed by atoms with E-state index in [2.05, 4.69) is 46.0 Å². The van der Waals surface area contributed by atoms with Crippen LogP contribution < -0.4 is 4.90 Å². The second-order valence-electron chi connectivity index (χ2n) is 5.06. The van der Waals surface area contributed by atoms with Crippen molar-refractivity contribution < 1.29 is 0 Å². The number of fused-ring (bicyclic) bond motifs is 2. The molecule has 0 spiro atoms.